The van der Waals surface area contributed by atoms with Crippen LogP contribution in [0.2, 0.25) is 5.02 Å². The number of rotatable bonds is 3. The Morgan fingerprint density at radius 1 is 1.00 bits per heavy atom. The first-order chi connectivity index (χ1) is 12.6. The van der Waals surface area contributed by atoms with Crippen LogP contribution in [0.15, 0.2) is 48.5 Å². The first kappa shape index (κ1) is 16.9. The van der Waals surface area contributed by atoms with Gasteiger partial charge in [0.05, 0.1) is 0 Å². The van der Waals surface area contributed by atoms with Crippen LogP contribution in [0.1, 0.15) is 22.4 Å². The molecule has 4 rings (SSSR count). The van der Waals surface area contributed by atoms with Gasteiger partial charge in [-0.3, -0.25) is 0 Å². The van der Waals surface area contributed by atoms with E-state index < -0.39 is 0 Å². The van der Waals surface area contributed by atoms with Gasteiger partial charge in [-0.2, -0.15) is 4.98 Å². The van der Waals surface area contributed by atoms with E-state index in [0.29, 0.717) is 11.0 Å². The van der Waals surface area contributed by atoms with Gasteiger partial charge < -0.3 is 10.2 Å². The Bertz CT molecular complexity index is 954. The Balaban J connectivity index is 1.62. The number of benzene rings is 2. The summed E-state index contributed by atoms with van der Waals surface area (Å²) < 4.78 is 0. The molecule has 26 heavy (non-hydrogen) atoms. The molecule has 0 saturated heterocycles. The lowest BCUT2D eigenvalue weighted by atomic mass is 10.00. The number of nitrogens with one attached hydrogen (secondary N) is 1. The average molecular weight is 365 g/mol. The predicted octanol–water partition coefficient (Wildman–Crippen LogP) is 5.05. The van der Waals surface area contributed by atoms with Gasteiger partial charge in [-0.05, 0) is 49.1 Å². The zero-order valence-electron chi connectivity index (χ0n) is 15.0. The van der Waals surface area contributed by atoms with E-state index in [1.54, 1.807) is 0 Å². The highest BCUT2D eigenvalue weighted by Crippen LogP contribution is 2.26. The van der Waals surface area contributed by atoms with E-state index in [9.17, 15) is 0 Å². The van der Waals surface area contributed by atoms with Crippen LogP contribution in [0.5, 0.6) is 0 Å². The third-order valence-electron chi connectivity index (χ3n) is 4.74. The molecule has 3 aromatic rings. The van der Waals surface area contributed by atoms with Crippen molar-refractivity contribution in [3.63, 3.8) is 0 Å². The van der Waals surface area contributed by atoms with Crippen LogP contribution in [0.25, 0.3) is 0 Å². The molecule has 0 aliphatic carbocycles. The topological polar surface area (TPSA) is 41.1 Å². The first-order valence-electron chi connectivity index (χ1n) is 8.79. The third-order valence-corrected chi connectivity index (χ3v) is 4.98. The highest BCUT2D eigenvalue weighted by molar-refractivity contribution is 6.30. The molecule has 1 aliphatic heterocycles. The largest absolute Gasteiger partial charge is 0.352 e. The van der Waals surface area contributed by atoms with Gasteiger partial charge in [-0.1, -0.05) is 41.9 Å². The molecule has 1 aromatic heterocycles. The van der Waals surface area contributed by atoms with Crippen molar-refractivity contribution in [2.45, 2.75) is 26.8 Å². The molecule has 0 unspecified atom stereocenters. The Kier molecular flexibility index (Phi) is 4.51. The molecule has 5 heteroatoms. The second-order valence-corrected chi connectivity index (χ2v) is 7.15. The standard InChI is InChI=1S/C21H21ClN4/c1-14-7-8-18(22)12-19(14)24-21-23-15(2)11-20(25-21)26-10-9-16-5-3-4-6-17(16)13-26/h3-8,11-12H,9-10,13H2,1-2H3,(H,23,24,25). The predicted molar refractivity (Wildman–Crippen MR) is 107 cm³/mol. The second-order valence-electron chi connectivity index (χ2n) is 6.72. The van der Waals surface area contributed by atoms with Crippen molar-refractivity contribution in [2.24, 2.45) is 0 Å². The van der Waals surface area contributed by atoms with Gasteiger partial charge in [0.2, 0.25) is 5.95 Å². The summed E-state index contributed by atoms with van der Waals surface area (Å²) in [5.74, 6) is 1.55. The van der Waals surface area contributed by atoms with E-state index in [1.807, 2.05) is 38.1 Å². The fourth-order valence-corrected chi connectivity index (χ4v) is 3.48. The Labute approximate surface area is 158 Å². The average Bonchev–Trinajstić information content (AvgIpc) is 2.64. The summed E-state index contributed by atoms with van der Waals surface area (Å²) in [7, 11) is 0. The van der Waals surface area contributed by atoms with Crippen molar-refractivity contribution in [3.8, 4) is 0 Å². The van der Waals surface area contributed by atoms with E-state index in [1.165, 1.54) is 11.1 Å². The molecule has 0 atom stereocenters. The van der Waals surface area contributed by atoms with E-state index in [-0.39, 0.29) is 0 Å². The number of aryl methyl sites for hydroxylation is 2. The SMILES string of the molecule is Cc1cc(N2CCc3ccccc3C2)nc(Nc2cc(Cl)ccc2C)n1. The maximum Gasteiger partial charge on any atom is 0.229 e. The van der Waals surface area contributed by atoms with Gasteiger partial charge in [-0.25, -0.2) is 4.98 Å². The molecule has 0 spiro atoms. The zero-order valence-corrected chi connectivity index (χ0v) is 15.7. The number of halogens is 1. The number of hydrogen-bond donors (Lipinski definition) is 1. The molecule has 0 amide bonds. The molecular formula is C21H21ClN4. The van der Waals surface area contributed by atoms with Gasteiger partial charge in [0.25, 0.3) is 0 Å². The summed E-state index contributed by atoms with van der Waals surface area (Å²) in [5.41, 5.74) is 5.78. The van der Waals surface area contributed by atoms with Crippen LogP contribution < -0.4 is 10.2 Å². The highest BCUT2D eigenvalue weighted by Gasteiger charge is 2.18. The molecule has 132 valence electrons. The van der Waals surface area contributed by atoms with E-state index in [2.05, 4.69) is 39.5 Å². The second kappa shape index (κ2) is 6.96. The minimum atomic E-state index is 0.601. The van der Waals surface area contributed by atoms with Gasteiger partial charge >= 0.3 is 0 Å². The summed E-state index contributed by atoms with van der Waals surface area (Å²) in [6.45, 7) is 5.88. The Morgan fingerprint density at radius 2 is 1.81 bits per heavy atom. The minimum Gasteiger partial charge on any atom is -0.352 e. The molecule has 0 saturated carbocycles. The molecule has 2 heterocycles. The van der Waals surface area contributed by atoms with Gasteiger partial charge in [0.1, 0.15) is 5.82 Å². The van der Waals surface area contributed by atoms with Crippen molar-refractivity contribution in [1.82, 2.24) is 9.97 Å². The maximum atomic E-state index is 6.13. The van der Waals surface area contributed by atoms with Crippen molar-refractivity contribution in [1.29, 1.82) is 0 Å². The zero-order chi connectivity index (χ0) is 18.1. The lowest BCUT2D eigenvalue weighted by Gasteiger charge is -2.30. The summed E-state index contributed by atoms with van der Waals surface area (Å²) >= 11 is 6.13. The molecular weight excluding hydrogens is 344 g/mol. The van der Waals surface area contributed by atoms with Crippen LogP contribution in [-0.2, 0) is 13.0 Å². The smallest absolute Gasteiger partial charge is 0.229 e. The molecule has 1 aliphatic rings. The maximum absolute atomic E-state index is 6.13. The van der Waals surface area contributed by atoms with Crippen LogP contribution >= 0.6 is 11.6 Å². The summed E-state index contributed by atoms with van der Waals surface area (Å²) in [5, 5.41) is 4.01. The molecule has 1 N–H and O–H groups in total. The first-order valence-corrected chi connectivity index (χ1v) is 9.17. The lowest BCUT2D eigenvalue weighted by Crippen LogP contribution is -2.31. The molecule has 0 radical (unpaired) electrons. The van der Waals surface area contributed by atoms with Crippen LogP contribution in [0.3, 0.4) is 0 Å². The minimum absolute atomic E-state index is 0.601. The number of hydrogen-bond acceptors (Lipinski definition) is 4. The Hall–Kier alpha value is -2.59. The normalized spacial score (nSPS) is 13.4. The molecule has 4 nitrogen and oxygen atoms in total. The monoisotopic (exact) mass is 364 g/mol. The van der Waals surface area contributed by atoms with E-state index in [4.69, 9.17) is 16.6 Å². The number of fused-ring (bicyclic) bond motifs is 1. The molecule has 2 aromatic carbocycles. The van der Waals surface area contributed by atoms with Crippen molar-refractivity contribution in [3.05, 3.63) is 75.9 Å². The number of anilines is 3. The fourth-order valence-electron chi connectivity index (χ4n) is 3.31. The summed E-state index contributed by atoms with van der Waals surface area (Å²) in [6.07, 6.45) is 1.04. The number of nitrogens with zero attached hydrogens (tertiary/aromatic N) is 3. The van der Waals surface area contributed by atoms with Gasteiger partial charge in [0, 0.05) is 35.6 Å². The third kappa shape index (κ3) is 3.51. The van der Waals surface area contributed by atoms with Gasteiger partial charge in [-0.15, -0.1) is 0 Å². The van der Waals surface area contributed by atoms with Crippen LogP contribution in [-0.4, -0.2) is 16.5 Å². The van der Waals surface area contributed by atoms with Crippen LogP contribution in [0.4, 0.5) is 17.5 Å². The van der Waals surface area contributed by atoms with Crippen molar-refractivity contribution in [2.75, 3.05) is 16.8 Å². The van der Waals surface area contributed by atoms with Crippen molar-refractivity contribution < 1.29 is 0 Å². The van der Waals surface area contributed by atoms with E-state index >= 15 is 0 Å². The van der Waals surface area contributed by atoms with Crippen LogP contribution in [0, 0.1) is 13.8 Å². The summed E-state index contributed by atoms with van der Waals surface area (Å²) in [6, 6.07) is 16.4. The summed E-state index contributed by atoms with van der Waals surface area (Å²) in [4.78, 5) is 11.6. The number of aromatic nitrogens is 2. The Morgan fingerprint density at radius 3 is 2.65 bits per heavy atom. The van der Waals surface area contributed by atoms with Crippen molar-refractivity contribution >= 4 is 29.1 Å². The van der Waals surface area contributed by atoms with Gasteiger partial charge in [0.15, 0.2) is 0 Å². The highest BCUT2D eigenvalue weighted by atomic mass is 35.5. The lowest BCUT2D eigenvalue weighted by molar-refractivity contribution is 0.719. The quantitative estimate of drug-likeness (QED) is 0.705. The molecule has 0 bridgehead atoms. The molecule has 0 fully saturated rings. The fraction of sp³-hybridized carbons (Fsp3) is 0.238. The van der Waals surface area contributed by atoms with E-state index in [0.717, 1.165) is 42.3 Å².